The van der Waals surface area contributed by atoms with Gasteiger partial charge in [-0.3, -0.25) is 5.32 Å². The van der Waals surface area contributed by atoms with Crippen molar-refractivity contribution < 1.29 is 4.79 Å². The monoisotopic (exact) mass is 179 g/mol. The smallest absolute Gasteiger partial charge is 0.322 e. The number of aromatic nitrogens is 1. The van der Waals surface area contributed by atoms with Crippen LogP contribution < -0.4 is 5.32 Å². The van der Waals surface area contributed by atoms with E-state index in [-0.39, 0.29) is 6.03 Å². The van der Waals surface area contributed by atoms with Gasteiger partial charge in [-0.25, -0.2) is 9.78 Å². The van der Waals surface area contributed by atoms with Crippen molar-refractivity contribution in [1.29, 1.82) is 0 Å². The van der Waals surface area contributed by atoms with Crippen molar-refractivity contribution in [2.75, 3.05) is 19.4 Å². The molecule has 0 aromatic carbocycles. The average molecular weight is 179 g/mol. The van der Waals surface area contributed by atoms with Gasteiger partial charge in [0.05, 0.1) is 0 Å². The molecule has 0 spiro atoms. The Morgan fingerprint density at radius 2 is 2.15 bits per heavy atom. The molecule has 0 fully saturated rings. The quantitative estimate of drug-likeness (QED) is 0.709. The van der Waals surface area contributed by atoms with Crippen LogP contribution in [0, 0.1) is 6.92 Å². The molecule has 0 aliphatic carbocycles. The lowest BCUT2D eigenvalue weighted by Crippen LogP contribution is -2.27. The number of pyridine rings is 1. The minimum atomic E-state index is -0.168. The average Bonchev–Trinajstić information content (AvgIpc) is 2.04. The molecule has 2 amide bonds. The molecule has 0 bridgehead atoms. The van der Waals surface area contributed by atoms with Crippen LogP contribution in [0.1, 0.15) is 5.69 Å². The van der Waals surface area contributed by atoms with E-state index in [2.05, 4.69) is 10.3 Å². The largest absolute Gasteiger partial charge is 0.331 e. The summed E-state index contributed by atoms with van der Waals surface area (Å²) in [7, 11) is 3.37. The van der Waals surface area contributed by atoms with Crippen molar-refractivity contribution in [3.05, 3.63) is 23.9 Å². The summed E-state index contributed by atoms with van der Waals surface area (Å²) in [4.78, 5) is 16.8. The molecule has 1 rings (SSSR count). The van der Waals surface area contributed by atoms with Crippen LogP contribution in [0.25, 0.3) is 0 Å². The van der Waals surface area contributed by atoms with Crippen molar-refractivity contribution in [2.45, 2.75) is 6.92 Å². The van der Waals surface area contributed by atoms with Crippen LogP contribution in [0.3, 0.4) is 0 Å². The third-order valence-corrected chi connectivity index (χ3v) is 1.53. The zero-order valence-electron chi connectivity index (χ0n) is 8.03. The molecular weight excluding hydrogens is 166 g/mol. The van der Waals surface area contributed by atoms with Crippen LogP contribution >= 0.6 is 0 Å². The van der Waals surface area contributed by atoms with Crippen LogP contribution in [0.5, 0.6) is 0 Å². The van der Waals surface area contributed by atoms with E-state index in [9.17, 15) is 4.79 Å². The van der Waals surface area contributed by atoms with Crippen molar-refractivity contribution in [2.24, 2.45) is 0 Å². The van der Waals surface area contributed by atoms with Crippen LogP contribution in [0.4, 0.5) is 10.6 Å². The second-order valence-corrected chi connectivity index (χ2v) is 2.99. The van der Waals surface area contributed by atoms with Gasteiger partial charge >= 0.3 is 6.03 Å². The maximum absolute atomic E-state index is 11.2. The van der Waals surface area contributed by atoms with Gasteiger partial charge in [0.25, 0.3) is 0 Å². The van der Waals surface area contributed by atoms with Gasteiger partial charge in [0.2, 0.25) is 0 Å². The molecule has 0 aliphatic heterocycles. The van der Waals surface area contributed by atoms with E-state index in [4.69, 9.17) is 0 Å². The van der Waals surface area contributed by atoms with Gasteiger partial charge in [0, 0.05) is 19.8 Å². The van der Waals surface area contributed by atoms with E-state index in [1.54, 1.807) is 20.2 Å². The molecule has 1 aromatic rings. The van der Waals surface area contributed by atoms with Crippen LogP contribution in [-0.4, -0.2) is 30.0 Å². The fourth-order valence-electron chi connectivity index (χ4n) is 0.834. The van der Waals surface area contributed by atoms with Crippen molar-refractivity contribution in [1.82, 2.24) is 9.88 Å². The highest BCUT2D eigenvalue weighted by molar-refractivity contribution is 5.87. The first-order chi connectivity index (χ1) is 6.09. The van der Waals surface area contributed by atoms with Crippen molar-refractivity contribution in [3.8, 4) is 0 Å². The Labute approximate surface area is 77.6 Å². The second-order valence-electron chi connectivity index (χ2n) is 2.99. The summed E-state index contributed by atoms with van der Waals surface area (Å²) in [5.74, 6) is 0.582. The van der Waals surface area contributed by atoms with Gasteiger partial charge in [0.15, 0.2) is 0 Å². The van der Waals surface area contributed by atoms with Gasteiger partial charge in [-0.15, -0.1) is 0 Å². The van der Waals surface area contributed by atoms with E-state index in [1.807, 2.05) is 19.1 Å². The SMILES string of the molecule is Cc1cccc(NC(=O)N(C)C)n1. The number of nitrogens with one attached hydrogen (secondary N) is 1. The minimum Gasteiger partial charge on any atom is -0.331 e. The summed E-state index contributed by atoms with van der Waals surface area (Å²) in [6.07, 6.45) is 0. The number of amides is 2. The normalized spacial score (nSPS) is 9.46. The van der Waals surface area contributed by atoms with E-state index < -0.39 is 0 Å². The van der Waals surface area contributed by atoms with E-state index in [1.165, 1.54) is 4.90 Å². The topological polar surface area (TPSA) is 45.2 Å². The van der Waals surface area contributed by atoms with Crippen molar-refractivity contribution in [3.63, 3.8) is 0 Å². The molecule has 0 atom stereocenters. The van der Waals surface area contributed by atoms with Crippen LogP contribution in [0.2, 0.25) is 0 Å². The predicted molar refractivity (Wildman–Crippen MR) is 51.7 cm³/mol. The molecule has 0 radical (unpaired) electrons. The number of hydrogen-bond acceptors (Lipinski definition) is 2. The number of carbonyl (C=O) groups is 1. The number of rotatable bonds is 1. The molecule has 0 aliphatic rings. The first-order valence-electron chi connectivity index (χ1n) is 4.01. The lowest BCUT2D eigenvalue weighted by molar-refractivity contribution is 0.230. The van der Waals surface area contributed by atoms with E-state index in [0.717, 1.165) is 5.69 Å². The Bertz CT molecular complexity index is 309. The number of nitrogens with zero attached hydrogens (tertiary/aromatic N) is 2. The molecule has 1 N–H and O–H groups in total. The molecule has 13 heavy (non-hydrogen) atoms. The Hall–Kier alpha value is -1.58. The summed E-state index contributed by atoms with van der Waals surface area (Å²) in [5.41, 5.74) is 0.886. The number of anilines is 1. The van der Waals surface area contributed by atoms with Gasteiger partial charge in [0.1, 0.15) is 5.82 Å². The summed E-state index contributed by atoms with van der Waals surface area (Å²) in [6, 6.07) is 5.32. The Morgan fingerprint density at radius 3 is 2.69 bits per heavy atom. The third-order valence-electron chi connectivity index (χ3n) is 1.53. The lowest BCUT2D eigenvalue weighted by atomic mass is 10.4. The predicted octanol–water partition coefficient (Wildman–Crippen LogP) is 1.48. The summed E-state index contributed by atoms with van der Waals surface area (Å²) < 4.78 is 0. The highest BCUT2D eigenvalue weighted by Crippen LogP contribution is 2.03. The third kappa shape index (κ3) is 2.74. The first-order valence-corrected chi connectivity index (χ1v) is 4.01. The number of carbonyl (C=O) groups excluding carboxylic acids is 1. The zero-order valence-corrected chi connectivity index (χ0v) is 8.03. The molecule has 0 saturated heterocycles. The molecule has 70 valence electrons. The molecule has 1 aromatic heterocycles. The van der Waals surface area contributed by atoms with Gasteiger partial charge in [-0.2, -0.15) is 0 Å². The highest BCUT2D eigenvalue weighted by Gasteiger charge is 2.03. The van der Waals surface area contributed by atoms with Gasteiger partial charge in [-0.05, 0) is 19.1 Å². The zero-order chi connectivity index (χ0) is 9.84. The highest BCUT2D eigenvalue weighted by atomic mass is 16.2. The molecular formula is C9H13N3O. The fourth-order valence-corrected chi connectivity index (χ4v) is 0.834. The molecule has 4 heteroatoms. The molecule has 1 heterocycles. The van der Waals surface area contributed by atoms with Crippen LogP contribution in [0.15, 0.2) is 18.2 Å². The summed E-state index contributed by atoms with van der Waals surface area (Å²) in [5, 5.41) is 2.66. The lowest BCUT2D eigenvalue weighted by Gasteiger charge is -2.11. The van der Waals surface area contributed by atoms with Gasteiger partial charge in [-0.1, -0.05) is 6.07 Å². The van der Waals surface area contributed by atoms with Crippen molar-refractivity contribution >= 4 is 11.8 Å². The fraction of sp³-hybridized carbons (Fsp3) is 0.333. The van der Waals surface area contributed by atoms with Crippen LogP contribution in [-0.2, 0) is 0 Å². The Kier molecular flexibility index (Phi) is 2.84. The number of aryl methyl sites for hydroxylation is 1. The molecule has 4 nitrogen and oxygen atoms in total. The van der Waals surface area contributed by atoms with Gasteiger partial charge < -0.3 is 4.90 Å². The maximum Gasteiger partial charge on any atom is 0.322 e. The number of urea groups is 1. The molecule has 0 unspecified atom stereocenters. The minimum absolute atomic E-state index is 0.168. The van der Waals surface area contributed by atoms with E-state index >= 15 is 0 Å². The first kappa shape index (κ1) is 9.51. The molecule has 0 saturated carbocycles. The number of hydrogen-bond donors (Lipinski definition) is 1. The Morgan fingerprint density at radius 1 is 1.46 bits per heavy atom. The summed E-state index contributed by atoms with van der Waals surface area (Å²) in [6.45, 7) is 1.88. The summed E-state index contributed by atoms with van der Waals surface area (Å²) >= 11 is 0. The Balaban J connectivity index is 2.69. The standard InChI is InChI=1S/C9H13N3O/c1-7-5-4-6-8(10-7)11-9(13)12(2)3/h4-6H,1-3H3,(H,10,11,13). The second kappa shape index (κ2) is 3.89. The van der Waals surface area contributed by atoms with E-state index in [0.29, 0.717) is 5.82 Å². The maximum atomic E-state index is 11.2.